The van der Waals surface area contributed by atoms with Crippen LogP contribution in [0.15, 0.2) is 61.2 Å². The molecule has 25 heavy (non-hydrogen) atoms. The van der Waals surface area contributed by atoms with Crippen LogP contribution in [0.3, 0.4) is 0 Å². The molecule has 6 N–H and O–H groups in total. The van der Waals surface area contributed by atoms with E-state index < -0.39 is 0 Å². The van der Waals surface area contributed by atoms with Crippen molar-refractivity contribution in [3.8, 4) is 5.75 Å². The van der Waals surface area contributed by atoms with Crippen LogP contribution in [0.5, 0.6) is 5.75 Å². The fourth-order valence-electron chi connectivity index (χ4n) is 2.22. The van der Waals surface area contributed by atoms with E-state index in [1.165, 1.54) is 6.07 Å². The fraction of sp³-hybridized carbons (Fsp3) is 0.211. The van der Waals surface area contributed by atoms with E-state index >= 15 is 0 Å². The fourth-order valence-corrected chi connectivity index (χ4v) is 2.22. The molecule has 0 amide bonds. The minimum atomic E-state index is 0.213. The Kier molecular flexibility index (Phi) is 6.71. The second-order valence-corrected chi connectivity index (χ2v) is 5.75. The summed E-state index contributed by atoms with van der Waals surface area (Å²) in [4.78, 5) is 4.01. The number of rotatable bonds is 5. The zero-order valence-corrected chi connectivity index (χ0v) is 14.4. The lowest BCUT2D eigenvalue weighted by Crippen LogP contribution is -2.06. The summed E-state index contributed by atoms with van der Waals surface area (Å²) in [5.41, 5.74) is 14.7. The second kappa shape index (κ2) is 9.22. The zero-order chi connectivity index (χ0) is 18.1. The number of anilines is 3. The summed E-state index contributed by atoms with van der Waals surface area (Å²) in [5.74, 6) is 0.213. The molecule has 0 aliphatic carbocycles. The summed E-state index contributed by atoms with van der Waals surface area (Å²) in [5, 5.41) is 12.1. The van der Waals surface area contributed by atoms with Crippen LogP contribution in [-0.4, -0.2) is 21.2 Å². The highest BCUT2D eigenvalue weighted by atomic mass is 16.3. The average molecular weight is 339 g/mol. The second-order valence-electron chi connectivity index (χ2n) is 5.75. The maximum atomic E-state index is 8.73. The third-order valence-electron chi connectivity index (χ3n) is 3.62. The molecular formula is C19H25N5O. The monoisotopic (exact) mass is 339 g/mol. The minimum Gasteiger partial charge on any atom is -0.508 e. The number of benzene rings is 2. The van der Waals surface area contributed by atoms with Gasteiger partial charge in [-0.25, -0.2) is 4.98 Å². The van der Waals surface area contributed by atoms with Gasteiger partial charge in [0.05, 0.1) is 6.33 Å². The highest BCUT2D eigenvalue weighted by Crippen LogP contribution is 2.16. The van der Waals surface area contributed by atoms with Gasteiger partial charge in [0, 0.05) is 48.6 Å². The number of nitrogens with two attached hydrogens (primary N) is 2. The largest absolute Gasteiger partial charge is 0.508 e. The Morgan fingerprint density at radius 2 is 2.00 bits per heavy atom. The third-order valence-corrected chi connectivity index (χ3v) is 3.62. The molecule has 6 heteroatoms. The van der Waals surface area contributed by atoms with E-state index in [9.17, 15) is 0 Å². The van der Waals surface area contributed by atoms with Crippen molar-refractivity contribution >= 4 is 17.1 Å². The van der Waals surface area contributed by atoms with Crippen molar-refractivity contribution < 1.29 is 5.11 Å². The molecule has 1 aromatic heterocycles. The number of hydrogen-bond acceptors (Lipinski definition) is 5. The van der Waals surface area contributed by atoms with Gasteiger partial charge >= 0.3 is 0 Å². The van der Waals surface area contributed by atoms with E-state index in [-0.39, 0.29) is 5.75 Å². The number of nitrogens with one attached hydrogen (secondary N) is 1. The van der Waals surface area contributed by atoms with Gasteiger partial charge < -0.3 is 26.5 Å². The molecule has 0 spiro atoms. The molecule has 6 nitrogen and oxygen atoms in total. The van der Waals surface area contributed by atoms with Crippen molar-refractivity contribution in [2.45, 2.75) is 19.9 Å². The standard InChI is InChI=1S/C13H18N4.C6H7NO/c1-11-9-12(3-4-13(11)14)16-5-2-7-17-8-6-15-10-17;7-5-2-1-3-6(8)4-5/h3-4,6,8-10,16H,2,5,7,14H2,1H3;1-4,8H,7H2. The van der Waals surface area contributed by atoms with Gasteiger partial charge in [-0.1, -0.05) is 6.07 Å². The Balaban J connectivity index is 0.000000236. The van der Waals surface area contributed by atoms with Gasteiger partial charge in [0.1, 0.15) is 5.75 Å². The Bertz CT molecular complexity index is 754. The summed E-state index contributed by atoms with van der Waals surface area (Å²) < 4.78 is 2.08. The van der Waals surface area contributed by atoms with Crippen LogP contribution in [0.2, 0.25) is 0 Å². The normalized spacial score (nSPS) is 9.96. The number of aromatic hydroxyl groups is 1. The first-order valence-corrected chi connectivity index (χ1v) is 8.15. The van der Waals surface area contributed by atoms with Crippen LogP contribution >= 0.6 is 0 Å². The summed E-state index contributed by atoms with van der Waals surface area (Å²) >= 11 is 0. The molecule has 0 aliphatic rings. The highest BCUT2D eigenvalue weighted by molar-refractivity contribution is 5.56. The summed E-state index contributed by atoms with van der Waals surface area (Å²) in [7, 11) is 0. The number of aryl methyl sites for hydroxylation is 2. The Hall–Kier alpha value is -3.15. The van der Waals surface area contributed by atoms with Gasteiger partial charge in [0.25, 0.3) is 0 Å². The maximum absolute atomic E-state index is 8.73. The van der Waals surface area contributed by atoms with Gasteiger partial charge in [-0.05, 0) is 49.2 Å². The lowest BCUT2D eigenvalue weighted by Gasteiger charge is -2.08. The molecule has 132 valence electrons. The molecule has 0 bridgehead atoms. The van der Waals surface area contributed by atoms with Crippen LogP contribution in [0.25, 0.3) is 0 Å². The predicted molar refractivity (Wildman–Crippen MR) is 103 cm³/mol. The molecule has 2 aromatic carbocycles. The lowest BCUT2D eigenvalue weighted by molar-refractivity contribution is 0.475. The van der Waals surface area contributed by atoms with Crippen LogP contribution in [-0.2, 0) is 6.54 Å². The van der Waals surface area contributed by atoms with Crippen molar-refractivity contribution in [1.29, 1.82) is 0 Å². The van der Waals surface area contributed by atoms with Crippen LogP contribution in [0, 0.1) is 6.92 Å². The molecule has 0 saturated carbocycles. The number of phenolic OH excluding ortho intramolecular Hbond substituents is 1. The van der Waals surface area contributed by atoms with E-state index in [1.54, 1.807) is 24.4 Å². The zero-order valence-electron chi connectivity index (χ0n) is 14.4. The Morgan fingerprint density at radius 1 is 1.16 bits per heavy atom. The molecule has 3 rings (SSSR count). The SMILES string of the molecule is Cc1cc(NCCCn2ccnc2)ccc1N.Nc1cccc(O)c1. The van der Waals surface area contributed by atoms with Gasteiger partial charge in [0.2, 0.25) is 0 Å². The summed E-state index contributed by atoms with van der Waals surface area (Å²) in [6.07, 6.45) is 6.69. The molecule has 1 heterocycles. The van der Waals surface area contributed by atoms with Crippen LogP contribution in [0.4, 0.5) is 17.1 Å². The van der Waals surface area contributed by atoms with Gasteiger partial charge in [-0.3, -0.25) is 0 Å². The van der Waals surface area contributed by atoms with Crippen molar-refractivity contribution in [2.75, 3.05) is 23.3 Å². The summed E-state index contributed by atoms with van der Waals surface area (Å²) in [6, 6.07) is 12.5. The van der Waals surface area contributed by atoms with Crippen molar-refractivity contribution in [3.63, 3.8) is 0 Å². The average Bonchev–Trinajstić information content (AvgIpc) is 3.09. The molecule has 0 unspecified atom stereocenters. The number of aromatic nitrogens is 2. The lowest BCUT2D eigenvalue weighted by atomic mass is 10.2. The summed E-state index contributed by atoms with van der Waals surface area (Å²) in [6.45, 7) is 3.95. The first kappa shape index (κ1) is 18.2. The van der Waals surface area contributed by atoms with Crippen LogP contribution in [0.1, 0.15) is 12.0 Å². The molecular weight excluding hydrogens is 314 g/mol. The molecule has 0 radical (unpaired) electrons. The topological polar surface area (TPSA) is 102 Å². The maximum Gasteiger partial charge on any atom is 0.117 e. The van der Waals surface area contributed by atoms with Gasteiger partial charge in [-0.2, -0.15) is 0 Å². The van der Waals surface area contributed by atoms with Crippen LogP contribution < -0.4 is 16.8 Å². The Morgan fingerprint density at radius 3 is 2.60 bits per heavy atom. The van der Waals surface area contributed by atoms with E-state index in [0.717, 1.165) is 36.4 Å². The highest BCUT2D eigenvalue weighted by Gasteiger charge is 1.96. The van der Waals surface area contributed by atoms with Gasteiger partial charge in [0.15, 0.2) is 0 Å². The number of phenols is 1. The quantitative estimate of drug-likeness (QED) is 0.422. The molecule has 0 atom stereocenters. The van der Waals surface area contributed by atoms with Crippen molar-refractivity contribution in [3.05, 3.63) is 66.7 Å². The van der Waals surface area contributed by atoms with Crippen molar-refractivity contribution in [1.82, 2.24) is 9.55 Å². The van der Waals surface area contributed by atoms with E-state index in [0.29, 0.717) is 5.69 Å². The number of imidazole rings is 1. The third kappa shape index (κ3) is 6.47. The molecule has 3 aromatic rings. The first-order valence-electron chi connectivity index (χ1n) is 8.15. The van der Waals surface area contributed by atoms with Gasteiger partial charge in [-0.15, -0.1) is 0 Å². The molecule has 0 aliphatic heterocycles. The predicted octanol–water partition coefficient (Wildman–Crippen LogP) is 3.25. The number of nitrogens with zero attached hydrogens (tertiary/aromatic N) is 2. The number of hydrogen-bond donors (Lipinski definition) is 4. The molecule has 0 fully saturated rings. The van der Waals surface area contributed by atoms with Crippen molar-refractivity contribution in [2.24, 2.45) is 0 Å². The minimum absolute atomic E-state index is 0.213. The van der Waals surface area contributed by atoms with E-state index in [1.807, 2.05) is 31.6 Å². The molecule has 0 saturated heterocycles. The smallest absolute Gasteiger partial charge is 0.117 e. The Labute approximate surface area is 148 Å². The van der Waals surface area contributed by atoms with E-state index in [2.05, 4.69) is 20.9 Å². The van der Waals surface area contributed by atoms with E-state index in [4.69, 9.17) is 16.6 Å². The number of nitrogen functional groups attached to an aromatic ring is 2. The first-order chi connectivity index (χ1) is 12.0.